The Morgan fingerprint density at radius 1 is 1.03 bits per heavy atom. The molecule has 1 fully saturated rings. The number of nitrogens with zero attached hydrogens (tertiary/aromatic N) is 1. The third-order valence-corrected chi connectivity index (χ3v) is 5.19. The van der Waals surface area contributed by atoms with Gasteiger partial charge in [-0.2, -0.15) is 0 Å². The predicted molar refractivity (Wildman–Crippen MR) is 98.7 cm³/mol. The van der Waals surface area contributed by atoms with Gasteiger partial charge in [0.15, 0.2) is 17.9 Å². The lowest BCUT2D eigenvalue weighted by Gasteiger charge is -2.42. The molecule has 0 spiro atoms. The Kier molecular flexibility index (Phi) is 7.72. The second-order valence-corrected chi connectivity index (χ2v) is 7.39. The predicted octanol–water partition coefficient (Wildman–Crippen LogP) is -3.23. The molecule has 0 bridgehead atoms. The van der Waals surface area contributed by atoms with Gasteiger partial charge in [0, 0.05) is 12.1 Å². The Hall–Kier alpha value is -1.85. The summed E-state index contributed by atoms with van der Waals surface area (Å²) in [6.45, 7) is -1.74. The van der Waals surface area contributed by atoms with Crippen LogP contribution < -0.4 is 0 Å². The molecule has 6 unspecified atom stereocenters. The number of aliphatic hydroxyl groups is 8. The largest absolute Gasteiger partial charge is 0.394 e. The zero-order valence-electron chi connectivity index (χ0n) is 16.4. The standard InChI is InChI=1S/C18H24F2N2O10/c19-5-1-7-8(2-6(5)20)22-17(21-7)14(29)13(28)16(9(25)3-23)32-18-15(30)12(27)11(26)10(4-24)31-18/h1-2,9-16,18,23-30H,3-4H2,(H,21,22)/t9?,10?,11-,12?,13?,14?,15?,16-,18-/m1/s1. The first kappa shape index (κ1) is 24.8. The molecule has 32 heavy (non-hydrogen) atoms. The van der Waals surface area contributed by atoms with E-state index in [0.29, 0.717) is 0 Å². The maximum absolute atomic E-state index is 13.4. The summed E-state index contributed by atoms with van der Waals surface area (Å²) >= 11 is 0. The summed E-state index contributed by atoms with van der Waals surface area (Å²) in [6, 6.07) is 1.54. The molecule has 14 heteroatoms. The van der Waals surface area contributed by atoms with Crippen LogP contribution in [0.15, 0.2) is 12.1 Å². The summed E-state index contributed by atoms with van der Waals surface area (Å²) in [5.74, 6) is -2.72. The Morgan fingerprint density at radius 3 is 2.31 bits per heavy atom. The van der Waals surface area contributed by atoms with Gasteiger partial charge < -0.3 is 55.3 Å². The number of aromatic nitrogens is 2. The van der Waals surface area contributed by atoms with Crippen molar-refractivity contribution in [3.8, 4) is 0 Å². The maximum atomic E-state index is 13.4. The number of aromatic amines is 1. The highest BCUT2D eigenvalue weighted by molar-refractivity contribution is 5.75. The van der Waals surface area contributed by atoms with Gasteiger partial charge in [0.05, 0.1) is 24.2 Å². The van der Waals surface area contributed by atoms with E-state index in [2.05, 4.69) is 9.97 Å². The van der Waals surface area contributed by atoms with Crippen LogP contribution in [0.4, 0.5) is 8.78 Å². The van der Waals surface area contributed by atoms with Crippen molar-refractivity contribution in [2.24, 2.45) is 0 Å². The first-order valence-corrected chi connectivity index (χ1v) is 9.54. The second kappa shape index (κ2) is 9.96. The van der Waals surface area contributed by atoms with E-state index in [1.165, 1.54) is 0 Å². The molecule has 1 aromatic heterocycles. The summed E-state index contributed by atoms with van der Waals surface area (Å²) in [5.41, 5.74) is -0.0708. The molecule has 0 saturated carbocycles. The van der Waals surface area contributed by atoms with Gasteiger partial charge >= 0.3 is 0 Å². The molecular formula is C18H24F2N2O10. The average Bonchev–Trinajstić information content (AvgIpc) is 3.18. The van der Waals surface area contributed by atoms with Crippen molar-refractivity contribution in [1.82, 2.24) is 9.97 Å². The van der Waals surface area contributed by atoms with E-state index in [1.54, 1.807) is 0 Å². The van der Waals surface area contributed by atoms with Crippen LogP contribution in [0.3, 0.4) is 0 Å². The number of nitrogens with one attached hydrogen (secondary N) is 1. The molecule has 12 nitrogen and oxygen atoms in total. The first-order chi connectivity index (χ1) is 15.1. The summed E-state index contributed by atoms with van der Waals surface area (Å²) in [5, 5.41) is 79.5. The number of H-pyrrole nitrogens is 1. The number of imidazole rings is 1. The number of hydrogen-bond donors (Lipinski definition) is 9. The van der Waals surface area contributed by atoms with Crippen molar-refractivity contribution < 1.29 is 59.1 Å². The zero-order valence-corrected chi connectivity index (χ0v) is 16.4. The quantitative estimate of drug-likeness (QED) is 0.189. The average molecular weight is 466 g/mol. The van der Waals surface area contributed by atoms with E-state index in [-0.39, 0.29) is 16.9 Å². The van der Waals surface area contributed by atoms with E-state index in [4.69, 9.17) is 9.47 Å². The fourth-order valence-electron chi connectivity index (χ4n) is 3.34. The summed E-state index contributed by atoms with van der Waals surface area (Å²) in [7, 11) is 0. The van der Waals surface area contributed by atoms with E-state index in [0.717, 1.165) is 12.1 Å². The molecule has 2 heterocycles. The minimum Gasteiger partial charge on any atom is -0.394 e. The molecular weight excluding hydrogens is 442 g/mol. The van der Waals surface area contributed by atoms with Gasteiger partial charge in [0.1, 0.15) is 54.7 Å². The highest BCUT2D eigenvalue weighted by Crippen LogP contribution is 2.28. The number of benzene rings is 1. The number of fused-ring (bicyclic) bond motifs is 1. The molecule has 180 valence electrons. The fourth-order valence-corrected chi connectivity index (χ4v) is 3.34. The van der Waals surface area contributed by atoms with Crippen molar-refractivity contribution >= 4 is 11.0 Å². The maximum Gasteiger partial charge on any atom is 0.187 e. The van der Waals surface area contributed by atoms with E-state index in [9.17, 15) is 49.6 Å². The number of aliphatic hydroxyl groups excluding tert-OH is 8. The Labute approximate surface area is 178 Å². The molecule has 0 amide bonds. The zero-order chi connectivity index (χ0) is 23.7. The molecule has 3 rings (SSSR count). The van der Waals surface area contributed by atoms with Crippen LogP contribution in [0.2, 0.25) is 0 Å². The Bertz CT molecular complexity index is 876. The number of hydrogen-bond acceptors (Lipinski definition) is 11. The highest BCUT2D eigenvalue weighted by atomic mass is 19.2. The molecule has 0 radical (unpaired) electrons. The van der Waals surface area contributed by atoms with Gasteiger partial charge in [0.2, 0.25) is 0 Å². The van der Waals surface area contributed by atoms with E-state index < -0.39 is 80.0 Å². The molecule has 1 aromatic carbocycles. The molecule has 9 atom stereocenters. The molecule has 1 aliphatic heterocycles. The second-order valence-electron chi connectivity index (χ2n) is 7.39. The van der Waals surface area contributed by atoms with Crippen LogP contribution >= 0.6 is 0 Å². The minimum absolute atomic E-state index is 0.000686. The van der Waals surface area contributed by atoms with Crippen LogP contribution in [0.25, 0.3) is 11.0 Å². The fraction of sp³-hybridized carbons (Fsp3) is 0.611. The van der Waals surface area contributed by atoms with Crippen molar-refractivity contribution in [2.45, 2.75) is 55.1 Å². The first-order valence-electron chi connectivity index (χ1n) is 9.54. The Balaban J connectivity index is 1.83. The lowest BCUT2D eigenvalue weighted by atomic mass is 9.98. The lowest BCUT2D eigenvalue weighted by molar-refractivity contribution is -0.327. The SMILES string of the molecule is OCC1O[C@H](O[C@H](C(O)CO)C(O)C(O)c2nc3cc(F)c(F)cc3[nH]2)C(O)C(O)[C@@H]1O. The summed E-state index contributed by atoms with van der Waals surface area (Å²) < 4.78 is 37.2. The van der Waals surface area contributed by atoms with Crippen molar-refractivity contribution in [1.29, 1.82) is 0 Å². The third kappa shape index (κ3) is 4.74. The number of ether oxygens (including phenoxy) is 2. The monoisotopic (exact) mass is 466 g/mol. The molecule has 0 aliphatic carbocycles. The highest BCUT2D eigenvalue weighted by Gasteiger charge is 2.47. The van der Waals surface area contributed by atoms with Crippen molar-refractivity contribution in [2.75, 3.05) is 13.2 Å². The van der Waals surface area contributed by atoms with Gasteiger partial charge in [-0.25, -0.2) is 13.8 Å². The number of rotatable bonds is 8. The molecule has 1 aliphatic rings. The lowest BCUT2D eigenvalue weighted by Crippen LogP contribution is -2.61. The van der Waals surface area contributed by atoms with Gasteiger partial charge in [-0.15, -0.1) is 0 Å². The van der Waals surface area contributed by atoms with Gasteiger partial charge in [0.25, 0.3) is 0 Å². The smallest absolute Gasteiger partial charge is 0.187 e. The molecule has 9 N–H and O–H groups in total. The van der Waals surface area contributed by atoms with Crippen LogP contribution in [0.5, 0.6) is 0 Å². The molecule has 1 saturated heterocycles. The number of halogens is 2. The molecule has 2 aromatic rings. The van der Waals surface area contributed by atoms with E-state index >= 15 is 0 Å². The summed E-state index contributed by atoms with van der Waals surface area (Å²) in [6.07, 6.45) is -16.2. The van der Waals surface area contributed by atoms with Crippen LogP contribution in [0.1, 0.15) is 11.9 Å². The normalized spacial score (nSPS) is 30.2. The minimum atomic E-state index is -2.04. The van der Waals surface area contributed by atoms with Crippen molar-refractivity contribution in [3.63, 3.8) is 0 Å². The van der Waals surface area contributed by atoms with Gasteiger partial charge in [-0.1, -0.05) is 0 Å². The van der Waals surface area contributed by atoms with E-state index in [1.807, 2.05) is 0 Å². The van der Waals surface area contributed by atoms with Gasteiger partial charge in [-0.3, -0.25) is 0 Å². The third-order valence-electron chi connectivity index (χ3n) is 5.19. The van der Waals surface area contributed by atoms with Crippen LogP contribution in [-0.4, -0.2) is 113 Å². The summed E-state index contributed by atoms with van der Waals surface area (Å²) in [4.78, 5) is 6.34. The van der Waals surface area contributed by atoms with Gasteiger partial charge in [-0.05, 0) is 0 Å². The topological polar surface area (TPSA) is 209 Å². The van der Waals surface area contributed by atoms with Crippen molar-refractivity contribution in [3.05, 3.63) is 29.6 Å². The van der Waals surface area contributed by atoms with Crippen LogP contribution in [-0.2, 0) is 9.47 Å². The van der Waals surface area contributed by atoms with Crippen LogP contribution in [0, 0.1) is 11.6 Å². The Morgan fingerprint density at radius 2 is 1.69 bits per heavy atom.